The van der Waals surface area contributed by atoms with Crippen LogP contribution in [0.5, 0.6) is 0 Å². The van der Waals surface area contributed by atoms with Crippen LogP contribution in [0.1, 0.15) is 220 Å². The maximum absolute atomic E-state index is 12.8. The number of esters is 3. The van der Waals surface area contributed by atoms with Crippen LogP contribution in [0.3, 0.4) is 0 Å². The number of rotatable bonds is 45. The van der Waals surface area contributed by atoms with Gasteiger partial charge in [-0.15, -0.1) is 0 Å². The fourth-order valence-electron chi connectivity index (χ4n) is 6.66. The van der Waals surface area contributed by atoms with Crippen molar-refractivity contribution in [1.82, 2.24) is 0 Å². The van der Waals surface area contributed by atoms with Gasteiger partial charge in [-0.1, -0.05) is 194 Å². The first-order valence-electron chi connectivity index (χ1n) is 25.9. The first-order chi connectivity index (χ1) is 31.5. The summed E-state index contributed by atoms with van der Waals surface area (Å²) in [5.41, 5.74) is 0. The minimum atomic E-state index is -0.814. The Balaban J connectivity index is 4.53. The van der Waals surface area contributed by atoms with Crippen molar-refractivity contribution >= 4 is 17.9 Å². The van der Waals surface area contributed by atoms with Crippen LogP contribution in [0, 0.1) is 0 Å². The van der Waals surface area contributed by atoms with Crippen LogP contribution in [0.15, 0.2) is 109 Å². The van der Waals surface area contributed by atoms with Gasteiger partial charge in [0.15, 0.2) is 6.10 Å². The van der Waals surface area contributed by atoms with Gasteiger partial charge in [-0.05, 0) is 116 Å². The number of carbonyl (C=O) groups is 3. The molecule has 0 saturated heterocycles. The molecular formula is C58H94O6. The molecule has 0 aromatic rings. The Morgan fingerprint density at radius 1 is 0.328 bits per heavy atom. The van der Waals surface area contributed by atoms with Crippen LogP contribution in [0.2, 0.25) is 0 Å². The van der Waals surface area contributed by atoms with Gasteiger partial charge in [0.1, 0.15) is 13.2 Å². The number of hydrogen-bond acceptors (Lipinski definition) is 6. The number of ether oxygens (including phenoxy) is 3. The maximum Gasteiger partial charge on any atom is 0.306 e. The zero-order valence-corrected chi connectivity index (χ0v) is 41.3. The quantitative estimate of drug-likeness (QED) is 0.0262. The molecule has 0 radical (unpaired) electrons. The van der Waals surface area contributed by atoms with Gasteiger partial charge in [0.2, 0.25) is 0 Å². The lowest BCUT2D eigenvalue weighted by atomic mass is 10.1. The van der Waals surface area contributed by atoms with Gasteiger partial charge in [-0.25, -0.2) is 0 Å². The Bertz CT molecular complexity index is 1340. The molecule has 0 saturated carbocycles. The Hall–Kier alpha value is -3.93. The van der Waals surface area contributed by atoms with Crippen molar-refractivity contribution in [2.45, 2.75) is 226 Å². The van der Waals surface area contributed by atoms with E-state index in [0.717, 1.165) is 109 Å². The van der Waals surface area contributed by atoms with E-state index in [2.05, 4.69) is 130 Å². The van der Waals surface area contributed by atoms with Gasteiger partial charge >= 0.3 is 17.9 Å². The maximum atomic E-state index is 12.8. The Morgan fingerprint density at radius 3 is 1.03 bits per heavy atom. The fourth-order valence-corrected chi connectivity index (χ4v) is 6.66. The summed E-state index contributed by atoms with van der Waals surface area (Å²) >= 11 is 0. The van der Waals surface area contributed by atoms with E-state index in [1.807, 2.05) is 0 Å². The van der Waals surface area contributed by atoms with Gasteiger partial charge in [0, 0.05) is 19.3 Å². The molecule has 1 unspecified atom stereocenters. The molecule has 6 nitrogen and oxygen atoms in total. The number of carbonyl (C=O) groups excluding carboxylic acids is 3. The van der Waals surface area contributed by atoms with Crippen LogP contribution in [0.25, 0.3) is 0 Å². The van der Waals surface area contributed by atoms with Crippen LogP contribution < -0.4 is 0 Å². The van der Waals surface area contributed by atoms with Crippen LogP contribution in [-0.4, -0.2) is 37.2 Å². The summed E-state index contributed by atoms with van der Waals surface area (Å²) < 4.78 is 16.7. The molecule has 0 fully saturated rings. The molecule has 362 valence electrons. The van der Waals surface area contributed by atoms with Crippen molar-refractivity contribution in [2.75, 3.05) is 13.2 Å². The van der Waals surface area contributed by atoms with Crippen molar-refractivity contribution < 1.29 is 28.6 Å². The first-order valence-corrected chi connectivity index (χ1v) is 25.9. The molecular weight excluding hydrogens is 793 g/mol. The molecule has 0 amide bonds. The molecule has 1 atom stereocenters. The second-order valence-electron chi connectivity index (χ2n) is 16.7. The second kappa shape index (κ2) is 51.7. The molecule has 0 rings (SSSR count). The molecule has 0 spiro atoms. The van der Waals surface area contributed by atoms with Crippen LogP contribution in [-0.2, 0) is 28.6 Å². The first kappa shape index (κ1) is 60.1. The average Bonchev–Trinajstić information content (AvgIpc) is 3.29. The second-order valence-corrected chi connectivity index (χ2v) is 16.7. The summed E-state index contributed by atoms with van der Waals surface area (Å²) in [7, 11) is 0. The molecule has 64 heavy (non-hydrogen) atoms. The molecule has 0 aromatic carbocycles. The molecule has 0 heterocycles. The predicted molar refractivity (Wildman–Crippen MR) is 274 cm³/mol. The fraction of sp³-hybridized carbons (Fsp3) is 0.638. The average molecular weight is 887 g/mol. The zero-order valence-electron chi connectivity index (χ0n) is 41.3. The summed E-state index contributed by atoms with van der Waals surface area (Å²) in [6.07, 6.45) is 69.3. The van der Waals surface area contributed by atoms with E-state index in [9.17, 15) is 14.4 Å². The number of unbranched alkanes of at least 4 members (excludes halogenated alkanes) is 16. The van der Waals surface area contributed by atoms with E-state index in [1.165, 1.54) is 64.2 Å². The van der Waals surface area contributed by atoms with E-state index in [0.29, 0.717) is 19.3 Å². The Labute approximate surface area is 393 Å². The van der Waals surface area contributed by atoms with Gasteiger partial charge in [-0.3, -0.25) is 14.4 Å². The van der Waals surface area contributed by atoms with E-state index in [4.69, 9.17) is 14.2 Å². The monoisotopic (exact) mass is 887 g/mol. The summed E-state index contributed by atoms with van der Waals surface area (Å²) in [6, 6.07) is 0. The van der Waals surface area contributed by atoms with Crippen LogP contribution in [0.4, 0.5) is 0 Å². The number of allylic oxidation sites excluding steroid dienone is 18. The number of hydrogen-bond donors (Lipinski definition) is 0. The van der Waals surface area contributed by atoms with Crippen molar-refractivity contribution in [2.24, 2.45) is 0 Å². The lowest BCUT2D eigenvalue weighted by Crippen LogP contribution is -2.30. The van der Waals surface area contributed by atoms with Crippen molar-refractivity contribution in [1.29, 1.82) is 0 Å². The highest BCUT2D eigenvalue weighted by Gasteiger charge is 2.19. The highest BCUT2D eigenvalue weighted by atomic mass is 16.6. The lowest BCUT2D eigenvalue weighted by Gasteiger charge is -2.18. The van der Waals surface area contributed by atoms with Gasteiger partial charge < -0.3 is 14.2 Å². The Kier molecular flexibility index (Phi) is 48.5. The van der Waals surface area contributed by atoms with E-state index in [1.54, 1.807) is 0 Å². The zero-order chi connectivity index (χ0) is 46.5. The Morgan fingerprint density at radius 2 is 0.625 bits per heavy atom. The summed E-state index contributed by atoms with van der Waals surface area (Å²) in [5.74, 6) is -1.00. The SMILES string of the molecule is CC/C=C\C/C=C\C/C=C\C/C=C\C/C=C\CCCC(=O)OCC(COC(=O)CCCCCC/C=C\C/C=C\C/C=C\CC)OC(=O)CCCCCCCCC/C=C\CCCCCC. The molecule has 0 aromatic heterocycles. The topological polar surface area (TPSA) is 78.9 Å². The predicted octanol–water partition coefficient (Wildman–Crippen LogP) is 17.1. The molecule has 0 bridgehead atoms. The molecule has 0 aliphatic carbocycles. The third-order valence-corrected chi connectivity index (χ3v) is 10.5. The van der Waals surface area contributed by atoms with Gasteiger partial charge in [0.25, 0.3) is 0 Å². The third kappa shape index (κ3) is 49.1. The largest absolute Gasteiger partial charge is 0.462 e. The minimum Gasteiger partial charge on any atom is -0.462 e. The van der Waals surface area contributed by atoms with E-state index < -0.39 is 6.10 Å². The minimum absolute atomic E-state index is 0.111. The van der Waals surface area contributed by atoms with Crippen molar-refractivity contribution in [3.8, 4) is 0 Å². The normalized spacial score (nSPS) is 13.0. The highest BCUT2D eigenvalue weighted by Crippen LogP contribution is 2.13. The lowest BCUT2D eigenvalue weighted by molar-refractivity contribution is -0.167. The highest BCUT2D eigenvalue weighted by molar-refractivity contribution is 5.71. The van der Waals surface area contributed by atoms with Crippen molar-refractivity contribution in [3.05, 3.63) is 109 Å². The molecule has 6 heteroatoms. The smallest absolute Gasteiger partial charge is 0.306 e. The van der Waals surface area contributed by atoms with Gasteiger partial charge in [-0.2, -0.15) is 0 Å². The summed E-state index contributed by atoms with van der Waals surface area (Å²) in [4.78, 5) is 38.0. The third-order valence-electron chi connectivity index (χ3n) is 10.5. The standard InChI is InChI=1S/C58H94O6/c1-4-7-10-13-16-19-22-25-28-29-31-33-36-39-42-45-48-51-57(60)63-54-55(53-62-56(59)50-47-44-41-38-35-32-27-24-21-18-15-12-9-6-3)64-58(61)52-49-46-43-40-37-34-30-26-23-20-17-14-11-8-5-2/h7,9-10,12,16,18-21,23,25,27-28,31-33,39,42,55H,4-6,8,11,13-15,17,22,24,26,29-30,34-38,40-41,43-54H2,1-3H3/b10-7-,12-9-,19-16-,21-18-,23-20-,28-25-,32-27-,33-31-,42-39-. The van der Waals surface area contributed by atoms with Crippen molar-refractivity contribution in [3.63, 3.8) is 0 Å². The van der Waals surface area contributed by atoms with Gasteiger partial charge in [0.05, 0.1) is 0 Å². The van der Waals surface area contributed by atoms with Crippen LogP contribution >= 0.6 is 0 Å². The molecule has 0 N–H and O–H groups in total. The molecule has 0 aliphatic rings. The molecule has 0 aliphatic heterocycles. The van der Waals surface area contributed by atoms with E-state index >= 15 is 0 Å². The van der Waals surface area contributed by atoms with E-state index in [-0.39, 0.29) is 37.5 Å². The summed E-state index contributed by atoms with van der Waals surface area (Å²) in [5, 5.41) is 0. The summed E-state index contributed by atoms with van der Waals surface area (Å²) in [6.45, 7) is 6.31.